The molecule has 0 N–H and O–H groups in total. The molecule has 0 amide bonds. The van der Waals surface area contributed by atoms with Crippen LogP contribution in [-0.2, 0) is 10.8 Å². The third kappa shape index (κ3) is 10.3. The van der Waals surface area contributed by atoms with Gasteiger partial charge in [-0.1, -0.05) is 331 Å². The second-order valence-electron chi connectivity index (χ2n) is 27.7. The highest BCUT2D eigenvalue weighted by Crippen LogP contribution is 2.55. The number of aromatic nitrogens is 4. The topological polar surface area (TPSA) is 35.9 Å². The van der Waals surface area contributed by atoms with E-state index in [2.05, 4.69) is 387 Å². The van der Waals surface area contributed by atoms with E-state index in [1.165, 1.54) is 63.4 Å². The fraction of sp³-hybridized carbons (Fsp3) is 0.0870. The van der Waals surface area contributed by atoms with Gasteiger partial charge in [-0.25, -0.2) is 4.98 Å². The smallest absolute Gasteiger partial charge is 0.269 e. The molecule has 7 heteroatoms. The van der Waals surface area contributed by atoms with Gasteiger partial charge in [0.1, 0.15) is 17.3 Å². The van der Waals surface area contributed by atoms with Crippen LogP contribution < -0.4 is 50.8 Å². The Labute approximate surface area is 581 Å². The first-order chi connectivity index (χ1) is 48.6. The number of hydrogen-bond donors (Lipinski definition) is 0. The van der Waals surface area contributed by atoms with Gasteiger partial charge >= 0.3 is 0 Å². The van der Waals surface area contributed by atoms with Gasteiger partial charge in [-0.2, -0.15) is 0 Å². The highest BCUT2D eigenvalue weighted by Gasteiger charge is 2.45. The lowest BCUT2D eigenvalue weighted by molar-refractivity contribution is -0.571. The molecule has 13 aromatic carbocycles. The second kappa shape index (κ2) is 24.9. The molecule has 0 saturated heterocycles. The molecule has 0 radical (unpaired) electrons. The number of ether oxygens (including phenoxy) is 1. The molecule has 1 aliphatic rings. The Balaban J connectivity index is 0.891. The molecule has 16 aromatic rings. The van der Waals surface area contributed by atoms with Gasteiger partial charge < -0.3 is 4.74 Å². The summed E-state index contributed by atoms with van der Waals surface area (Å²) in [6.07, 6.45) is 8.07. The van der Waals surface area contributed by atoms with Crippen molar-refractivity contribution in [3.05, 3.63) is 369 Å². The normalized spacial score (nSPS) is 13.5. The van der Waals surface area contributed by atoms with Gasteiger partial charge in [-0.05, 0) is 129 Å². The van der Waals surface area contributed by atoms with Crippen LogP contribution in [0.2, 0.25) is 0 Å². The number of pyridine rings is 1. The maximum absolute atomic E-state index is 7.53. The number of fused-ring (bicyclic) bond motifs is 6. The minimum atomic E-state index is -2.98. The Morgan fingerprint density at radius 1 is 0.384 bits per heavy atom. The van der Waals surface area contributed by atoms with Crippen molar-refractivity contribution in [3.8, 4) is 50.9 Å². The van der Waals surface area contributed by atoms with E-state index in [1.54, 1.807) is 0 Å². The fourth-order valence-corrected chi connectivity index (χ4v) is 26.2. The van der Waals surface area contributed by atoms with Crippen molar-refractivity contribution in [2.24, 2.45) is 0 Å². The Morgan fingerprint density at radius 3 is 1.32 bits per heavy atom. The van der Waals surface area contributed by atoms with Crippen LogP contribution in [0, 0.1) is 6.33 Å². The molecular formula is C92H74N4OSi2. The average molecular weight is 1310 g/mol. The molecule has 17 rings (SSSR count). The van der Waals surface area contributed by atoms with Gasteiger partial charge in [0.05, 0.1) is 33.4 Å². The van der Waals surface area contributed by atoms with Crippen LogP contribution >= 0.6 is 0 Å². The second-order valence-corrected chi connectivity index (χ2v) is 35.4. The lowest BCUT2D eigenvalue weighted by Crippen LogP contribution is -2.74. The maximum Gasteiger partial charge on any atom is 0.269 e. The van der Waals surface area contributed by atoms with Crippen molar-refractivity contribution in [1.82, 2.24) is 14.1 Å². The van der Waals surface area contributed by atoms with Crippen molar-refractivity contribution in [2.45, 2.75) is 51.4 Å². The molecule has 0 saturated carbocycles. The molecule has 0 spiro atoms. The van der Waals surface area contributed by atoms with Crippen molar-refractivity contribution in [1.29, 1.82) is 0 Å². The van der Waals surface area contributed by atoms with E-state index in [9.17, 15) is 0 Å². The van der Waals surface area contributed by atoms with Crippen molar-refractivity contribution in [2.75, 3.05) is 0 Å². The summed E-state index contributed by atoms with van der Waals surface area (Å²) in [5.74, 6) is 2.48. The van der Waals surface area contributed by atoms with E-state index in [0.29, 0.717) is 0 Å². The van der Waals surface area contributed by atoms with Crippen LogP contribution in [0.1, 0.15) is 51.7 Å². The average Bonchev–Trinajstić information content (AvgIpc) is 1.63. The molecule has 3 aromatic heterocycles. The van der Waals surface area contributed by atoms with Gasteiger partial charge in [0.15, 0.2) is 16.1 Å². The summed E-state index contributed by atoms with van der Waals surface area (Å²) in [5.41, 5.74) is 12.9. The first-order valence-electron chi connectivity index (χ1n) is 34.6. The van der Waals surface area contributed by atoms with Crippen molar-refractivity contribution in [3.63, 3.8) is 0 Å². The predicted molar refractivity (Wildman–Crippen MR) is 416 cm³/mol. The largest absolute Gasteiger partial charge is 0.457 e. The molecular weight excluding hydrogens is 1230 g/mol. The summed E-state index contributed by atoms with van der Waals surface area (Å²) in [5, 5.41) is 13.0. The Hall–Kier alpha value is -11.5. The summed E-state index contributed by atoms with van der Waals surface area (Å²) in [7, 11) is -5.95. The number of para-hydroxylation sites is 4. The fourth-order valence-electron chi connectivity index (χ4n) is 16.6. The van der Waals surface area contributed by atoms with Crippen LogP contribution in [0.3, 0.4) is 0 Å². The maximum atomic E-state index is 7.53. The number of nitrogens with zero attached hydrogens (tertiary/aromatic N) is 4. The van der Waals surface area contributed by atoms with Gasteiger partial charge in [-0.15, -0.1) is 0 Å². The van der Waals surface area contributed by atoms with E-state index in [4.69, 9.17) is 9.72 Å². The van der Waals surface area contributed by atoms with E-state index < -0.39 is 16.1 Å². The third-order valence-electron chi connectivity index (χ3n) is 21.1. The first kappa shape index (κ1) is 61.1. The van der Waals surface area contributed by atoms with Gasteiger partial charge in [0, 0.05) is 28.6 Å². The van der Waals surface area contributed by atoms with Crippen LogP contribution in [0.4, 0.5) is 0 Å². The summed E-state index contributed by atoms with van der Waals surface area (Å²) >= 11 is 0. The van der Waals surface area contributed by atoms with Gasteiger partial charge in [0.25, 0.3) is 6.33 Å². The summed E-state index contributed by atoms with van der Waals surface area (Å²) in [6.45, 7) is 9.63. The van der Waals surface area contributed by atoms with Crippen molar-refractivity contribution >= 4 is 90.5 Å². The first-order valence-corrected chi connectivity index (χ1v) is 38.6. The zero-order chi connectivity index (χ0) is 66.7. The number of hydrogen-bond acceptors (Lipinski definition) is 2. The molecule has 0 bridgehead atoms. The highest BCUT2D eigenvalue weighted by atomic mass is 28.3. The summed E-state index contributed by atoms with van der Waals surface area (Å²) < 4.78 is 14.4. The van der Waals surface area contributed by atoms with Crippen LogP contribution in [0.5, 0.6) is 11.5 Å². The molecule has 0 unspecified atom stereocenters. The number of rotatable bonds is 15. The Kier molecular flexibility index (Phi) is 15.4. The molecule has 476 valence electrons. The molecule has 0 fully saturated rings. The monoisotopic (exact) mass is 1310 g/mol. The Morgan fingerprint density at radius 2 is 0.818 bits per heavy atom. The number of imidazole rings is 1. The highest BCUT2D eigenvalue weighted by molar-refractivity contribution is 7.20. The molecule has 99 heavy (non-hydrogen) atoms. The molecule has 3 heterocycles. The van der Waals surface area contributed by atoms with E-state index >= 15 is 0 Å². The minimum Gasteiger partial charge on any atom is -0.457 e. The van der Waals surface area contributed by atoms with Gasteiger partial charge in [0.2, 0.25) is 0 Å². The molecule has 5 nitrogen and oxygen atoms in total. The molecule has 0 atom stereocenters. The van der Waals surface area contributed by atoms with Crippen LogP contribution in [0.25, 0.3) is 72.3 Å². The van der Waals surface area contributed by atoms with Gasteiger partial charge in [-0.3, -0.25) is 13.7 Å². The SMILES string of the molecule is CC1(C)CCC(C)(C)c2c1c(Oc1cccc(-n3[c-][n+](-c4c(-c5cccc([Si](c6ccccc6)(c6ccccc6)c6ccccc6)c5)cccc4-c4cccc([Si](c5ccccc5)(c5ccccc5)c5ccccc5)c4)c4ccccc43)c1)cc1c2c2ccccc2n1-c1ccccn1. The van der Waals surface area contributed by atoms with E-state index in [0.717, 1.165) is 85.9 Å². The number of benzene rings is 13. The summed E-state index contributed by atoms with van der Waals surface area (Å²) in [4.78, 5) is 4.96. The van der Waals surface area contributed by atoms with Crippen LogP contribution in [-0.4, -0.2) is 30.3 Å². The quantitative estimate of drug-likeness (QED) is 0.0444. The van der Waals surface area contributed by atoms with E-state index in [-0.39, 0.29) is 10.8 Å². The van der Waals surface area contributed by atoms with E-state index in [1.807, 2.05) is 12.3 Å². The zero-order valence-corrected chi connectivity index (χ0v) is 58.1. The molecule has 0 aliphatic heterocycles. The lowest BCUT2D eigenvalue weighted by Gasteiger charge is -2.43. The summed E-state index contributed by atoms with van der Waals surface area (Å²) in [6, 6.07) is 128. The van der Waals surface area contributed by atoms with Crippen molar-refractivity contribution < 1.29 is 9.30 Å². The zero-order valence-electron chi connectivity index (χ0n) is 56.1. The minimum absolute atomic E-state index is 0.138. The standard InChI is InChI=1S/C92H74N4OSi2/c1-91(2)58-59-92(3,4)89-87-80-51-23-24-54-81(80)96(86-57-27-28-60-93-86)84(87)64-85(88(89)91)97-69-36-31-35-68(63-69)94-65-95(83-56-26-25-55-82(83)94)90-78(66-33-29-49-76(61-66)98(70-37-11-5-12-38-70,71-39-13-6-14-40-71)72-41-15-7-16-42-72)52-32-53-79(90)67-34-30-50-77(62-67)99(73-43-17-8-18-44-73,74-45-19-9-20-46-74)75-47-21-10-22-48-75/h5-57,60-64H,58-59H2,1-4H3. The van der Waals surface area contributed by atoms with Crippen LogP contribution in [0.15, 0.2) is 352 Å². The predicted octanol–water partition coefficient (Wildman–Crippen LogP) is 16.4. The lowest BCUT2D eigenvalue weighted by atomic mass is 9.62. The molecule has 1 aliphatic carbocycles. The third-order valence-corrected chi connectivity index (χ3v) is 30.7. The Bertz CT molecular complexity index is 5260.